The third-order valence-electron chi connectivity index (χ3n) is 3.17. The molecule has 0 fully saturated rings. The first-order valence-corrected chi connectivity index (χ1v) is 6.76. The van der Waals surface area contributed by atoms with E-state index in [9.17, 15) is 4.79 Å². The molecule has 1 heterocycles. The number of aliphatic hydroxyl groups is 1. The number of hydrogen-bond donors (Lipinski definition) is 2. The lowest BCUT2D eigenvalue weighted by Gasteiger charge is -2.18. The number of carbonyl (C=O) groups excluding carboxylic acids is 1. The molecule has 0 radical (unpaired) electrons. The molecule has 0 saturated carbocycles. The average molecular weight is 285 g/mol. The second-order valence-electron chi connectivity index (χ2n) is 4.83. The number of aliphatic hydroxyl groups excluding tert-OH is 1. The first-order chi connectivity index (χ1) is 10.1. The zero-order valence-corrected chi connectivity index (χ0v) is 12.2. The van der Waals surface area contributed by atoms with Crippen molar-refractivity contribution in [1.29, 1.82) is 0 Å². The highest BCUT2D eigenvalue weighted by molar-refractivity contribution is 6.04. The standard InChI is InChI=1S/C16H19N3O2/c1-12-3-4-13(11-17-12)16(21)18-14-5-7-15(8-6-14)19(2)9-10-20/h3-8,11,20H,9-10H2,1-2H3,(H,18,21). The number of aromatic nitrogens is 1. The molecule has 0 unspecified atom stereocenters. The summed E-state index contributed by atoms with van der Waals surface area (Å²) in [4.78, 5) is 18.1. The van der Waals surface area contributed by atoms with Crippen molar-refractivity contribution in [3.63, 3.8) is 0 Å². The van der Waals surface area contributed by atoms with E-state index in [4.69, 9.17) is 5.11 Å². The van der Waals surface area contributed by atoms with Gasteiger partial charge in [-0.15, -0.1) is 0 Å². The van der Waals surface area contributed by atoms with Gasteiger partial charge in [0.2, 0.25) is 0 Å². The minimum Gasteiger partial charge on any atom is -0.395 e. The maximum Gasteiger partial charge on any atom is 0.257 e. The average Bonchev–Trinajstić information content (AvgIpc) is 2.49. The molecule has 0 saturated heterocycles. The van der Waals surface area contributed by atoms with E-state index >= 15 is 0 Å². The molecule has 0 atom stereocenters. The molecular formula is C16H19N3O2. The van der Waals surface area contributed by atoms with Gasteiger partial charge < -0.3 is 15.3 Å². The van der Waals surface area contributed by atoms with Crippen LogP contribution in [0, 0.1) is 6.92 Å². The van der Waals surface area contributed by atoms with E-state index in [1.807, 2.05) is 49.2 Å². The van der Waals surface area contributed by atoms with Crippen LogP contribution in [0.3, 0.4) is 0 Å². The number of nitrogens with one attached hydrogen (secondary N) is 1. The van der Waals surface area contributed by atoms with Crippen molar-refractivity contribution in [2.24, 2.45) is 0 Å². The van der Waals surface area contributed by atoms with E-state index in [-0.39, 0.29) is 12.5 Å². The summed E-state index contributed by atoms with van der Waals surface area (Å²) in [7, 11) is 1.90. The van der Waals surface area contributed by atoms with Crippen LogP contribution in [0.5, 0.6) is 0 Å². The molecule has 5 nitrogen and oxygen atoms in total. The molecular weight excluding hydrogens is 266 g/mol. The van der Waals surface area contributed by atoms with E-state index in [0.29, 0.717) is 12.1 Å². The Morgan fingerprint density at radius 1 is 1.24 bits per heavy atom. The molecule has 0 bridgehead atoms. The zero-order chi connectivity index (χ0) is 15.2. The molecule has 0 aliphatic carbocycles. The lowest BCUT2D eigenvalue weighted by atomic mass is 10.2. The Balaban J connectivity index is 2.03. The number of hydrogen-bond acceptors (Lipinski definition) is 4. The fraction of sp³-hybridized carbons (Fsp3) is 0.250. The minimum absolute atomic E-state index is 0.107. The molecule has 1 amide bonds. The number of amides is 1. The fourth-order valence-corrected chi connectivity index (χ4v) is 1.88. The van der Waals surface area contributed by atoms with Crippen LogP contribution in [0.2, 0.25) is 0 Å². The van der Waals surface area contributed by atoms with Crippen molar-refractivity contribution < 1.29 is 9.90 Å². The maximum absolute atomic E-state index is 12.1. The summed E-state index contributed by atoms with van der Waals surface area (Å²) in [6.07, 6.45) is 1.56. The molecule has 2 rings (SSSR count). The second kappa shape index (κ2) is 6.85. The lowest BCUT2D eigenvalue weighted by molar-refractivity contribution is 0.102. The van der Waals surface area contributed by atoms with E-state index in [1.54, 1.807) is 12.3 Å². The predicted octanol–water partition coefficient (Wildman–Crippen LogP) is 2.07. The number of aryl methyl sites for hydroxylation is 1. The normalized spacial score (nSPS) is 10.2. The van der Waals surface area contributed by atoms with Crippen molar-refractivity contribution in [2.75, 3.05) is 30.4 Å². The van der Waals surface area contributed by atoms with Crippen LogP contribution < -0.4 is 10.2 Å². The van der Waals surface area contributed by atoms with Crippen LogP contribution in [0.15, 0.2) is 42.6 Å². The van der Waals surface area contributed by atoms with Crippen molar-refractivity contribution in [1.82, 2.24) is 4.98 Å². The number of nitrogens with zero attached hydrogens (tertiary/aromatic N) is 2. The highest BCUT2D eigenvalue weighted by Crippen LogP contribution is 2.17. The molecule has 1 aromatic carbocycles. The van der Waals surface area contributed by atoms with Crippen molar-refractivity contribution >= 4 is 17.3 Å². The predicted molar refractivity (Wildman–Crippen MR) is 83.7 cm³/mol. The number of pyridine rings is 1. The highest BCUT2D eigenvalue weighted by atomic mass is 16.3. The van der Waals surface area contributed by atoms with E-state index in [2.05, 4.69) is 10.3 Å². The topological polar surface area (TPSA) is 65.5 Å². The van der Waals surface area contributed by atoms with Crippen molar-refractivity contribution in [3.8, 4) is 0 Å². The van der Waals surface area contributed by atoms with Crippen LogP contribution in [0.1, 0.15) is 16.1 Å². The van der Waals surface area contributed by atoms with Crippen molar-refractivity contribution in [2.45, 2.75) is 6.92 Å². The van der Waals surface area contributed by atoms with Gasteiger partial charge in [0.05, 0.1) is 12.2 Å². The SMILES string of the molecule is Cc1ccc(C(=O)Nc2ccc(N(C)CCO)cc2)cn1. The van der Waals surface area contributed by atoms with E-state index in [1.165, 1.54) is 0 Å². The van der Waals surface area contributed by atoms with Crippen LogP contribution in [-0.2, 0) is 0 Å². The van der Waals surface area contributed by atoms with Gasteiger partial charge in [-0.2, -0.15) is 0 Å². The van der Waals surface area contributed by atoms with Crippen LogP contribution in [-0.4, -0.2) is 36.2 Å². The van der Waals surface area contributed by atoms with Gasteiger partial charge in [-0.3, -0.25) is 9.78 Å². The molecule has 0 aliphatic rings. The summed E-state index contributed by atoms with van der Waals surface area (Å²) >= 11 is 0. The Bertz CT molecular complexity index is 594. The number of rotatable bonds is 5. The summed E-state index contributed by atoms with van der Waals surface area (Å²) in [5, 5.41) is 11.7. The van der Waals surface area contributed by atoms with Crippen LogP contribution in [0.25, 0.3) is 0 Å². The first kappa shape index (κ1) is 15.0. The molecule has 0 aliphatic heterocycles. The van der Waals surface area contributed by atoms with Gasteiger partial charge in [0.25, 0.3) is 5.91 Å². The first-order valence-electron chi connectivity index (χ1n) is 6.76. The van der Waals surface area contributed by atoms with Gasteiger partial charge >= 0.3 is 0 Å². The summed E-state index contributed by atoms with van der Waals surface area (Å²) in [5.74, 6) is -0.182. The van der Waals surface area contributed by atoms with Gasteiger partial charge in [0.1, 0.15) is 0 Å². The van der Waals surface area contributed by atoms with E-state index < -0.39 is 0 Å². The number of anilines is 2. The van der Waals surface area contributed by atoms with Crippen LogP contribution in [0.4, 0.5) is 11.4 Å². The smallest absolute Gasteiger partial charge is 0.257 e. The second-order valence-corrected chi connectivity index (χ2v) is 4.83. The number of likely N-dealkylation sites (N-methyl/N-ethyl adjacent to an activating group) is 1. The summed E-state index contributed by atoms with van der Waals surface area (Å²) in [6, 6.07) is 11.0. The van der Waals surface area contributed by atoms with Crippen LogP contribution >= 0.6 is 0 Å². The van der Waals surface area contributed by atoms with E-state index in [0.717, 1.165) is 17.1 Å². The summed E-state index contributed by atoms with van der Waals surface area (Å²) in [5.41, 5.74) is 3.12. The Morgan fingerprint density at radius 3 is 2.52 bits per heavy atom. The Kier molecular flexibility index (Phi) is 4.90. The number of carbonyl (C=O) groups is 1. The monoisotopic (exact) mass is 285 g/mol. The van der Waals surface area contributed by atoms with Gasteiger partial charge in [0.15, 0.2) is 0 Å². The molecule has 2 aromatic rings. The minimum atomic E-state index is -0.182. The molecule has 5 heteroatoms. The largest absolute Gasteiger partial charge is 0.395 e. The Hall–Kier alpha value is -2.40. The molecule has 2 N–H and O–H groups in total. The van der Waals surface area contributed by atoms with Gasteiger partial charge in [-0.25, -0.2) is 0 Å². The Morgan fingerprint density at radius 2 is 1.95 bits per heavy atom. The molecule has 0 spiro atoms. The van der Waals surface area contributed by atoms with Crippen molar-refractivity contribution in [3.05, 3.63) is 53.9 Å². The molecule has 1 aromatic heterocycles. The lowest BCUT2D eigenvalue weighted by Crippen LogP contribution is -2.21. The van der Waals surface area contributed by atoms with Gasteiger partial charge in [-0.05, 0) is 43.3 Å². The van der Waals surface area contributed by atoms with Gasteiger partial charge in [0, 0.05) is 36.9 Å². The molecule has 110 valence electrons. The highest BCUT2D eigenvalue weighted by Gasteiger charge is 2.06. The molecule has 21 heavy (non-hydrogen) atoms. The third kappa shape index (κ3) is 4.03. The fourth-order valence-electron chi connectivity index (χ4n) is 1.88. The maximum atomic E-state index is 12.1. The van der Waals surface area contributed by atoms with Gasteiger partial charge in [-0.1, -0.05) is 0 Å². The summed E-state index contributed by atoms with van der Waals surface area (Å²) < 4.78 is 0. The Labute approximate surface area is 124 Å². The zero-order valence-electron chi connectivity index (χ0n) is 12.2. The quantitative estimate of drug-likeness (QED) is 0.882. The number of benzene rings is 1. The third-order valence-corrected chi connectivity index (χ3v) is 3.17. The summed E-state index contributed by atoms with van der Waals surface area (Å²) in [6.45, 7) is 2.56.